The summed E-state index contributed by atoms with van der Waals surface area (Å²) in [6.45, 7) is 0. The second-order valence-electron chi connectivity index (χ2n) is 6.28. The van der Waals surface area contributed by atoms with Crippen molar-refractivity contribution in [1.29, 1.82) is 0 Å². The van der Waals surface area contributed by atoms with E-state index in [1.807, 2.05) is 0 Å². The Hall–Kier alpha value is -3.90. The summed E-state index contributed by atoms with van der Waals surface area (Å²) in [5.41, 5.74) is -3.75. The number of halogens is 6. The van der Waals surface area contributed by atoms with E-state index in [0.717, 1.165) is 17.2 Å². The number of aliphatic carboxylic acids is 1. The molecular formula is C19H12F6N4O3. The van der Waals surface area contributed by atoms with Crippen LogP contribution in [0, 0.1) is 0 Å². The molecule has 0 saturated carbocycles. The monoisotopic (exact) mass is 458 g/mol. The molecule has 0 spiro atoms. The van der Waals surface area contributed by atoms with Crippen LogP contribution < -0.4 is 4.74 Å². The molecule has 0 aliphatic rings. The van der Waals surface area contributed by atoms with Crippen LogP contribution in [-0.2, 0) is 17.1 Å². The summed E-state index contributed by atoms with van der Waals surface area (Å²) in [5.74, 6) is -1.62. The van der Waals surface area contributed by atoms with Crippen LogP contribution in [0.4, 0.5) is 26.3 Å². The van der Waals surface area contributed by atoms with Crippen molar-refractivity contribution in [3.63, 3.8) is 0 Å². The zero-order valence-corrected chi connectivity index (χ0v) is 15.9. The predicted molar refractivity (Wildman–Crippen MR) is 98.1 cm³/mol. The molecule has 0 amide bonds. The normalized spacial score (nSPS) is 12.7. The number of carbonyl (C=O) groups is 1. The number of hydrogen-bond acceptors (Lipinski definition) is 5. The fraction of sp³-hybridized carbons (Fsp3) is 0.158. The third kappa shape index (κ3) is 5.04. The third-order valence-corrected chi connectivity index (χ3v) is 4.10. The molecule has 0 aliphatic heterocycles. The van der Waals surface area contributed by atoms with Crippen molar-refractivity contribution in [3.8, 4) is 17.3 Å². The highest BCUT2D eigenvalue weighted by Crippen LogP contribution is 2.38. The second kappa shape index (κ2) is 8.32. The van der Waals surface area contributed by atoms with Gasteiger partial charge in [0.2, 0.25) is 5.88 Å². The quantitative estimate of drug-likeness (QED) is 0.448. The molecule has 3 aromatic rings. The van der Waals surface area contributed by atoms with Gasteiger partial charge in [-0.3, -0.25) is 0 Å². The highest BCUT2D eigenvalue weighted by molar-refractivity contribution is 6.19. The largest absolute Gasteiger partial charge is 0.481 e. The van der Waals surface area contributed by atoms with Crippen LogP contribution in [0.2, 0.25) is 0 Å². The van der Waals surface area contributed by atoms with Gasteiger partial charge in [0.1, 0.15) is 6.33 Å². The Morgan fingerprint density at radius 3 is 2.12 bits per heavy atom. The molecule has 32 heavy (non-hydrogen) atoms. The first-order valence-electron chi connectivity index (χ1n) is 8.55. The van der Waals surface area contributed by atoms with Gasteiger partial charge in [-0.2, -0.15) is 26.3 Å². The maximum atomic E-state index is 13.1. The molecule has 0 bridgehead atoms. The Bertz CT molecular complexity index is 1130. The van der Waals surface area contributed by atoms with Crippen LogP contribution in [0.3, 0.4) is 0 Å². The van der Waals surface area contributed by atoms with Gasteiger partial charge in [0.05, 0.1) is 23.8 Å². The molecule has 7 nitrogen and oxygen atoms in total. The molecule has 3 rings (SSSR count). The molecule has 1 aromatic carbocycles. The summed E-state index contributed by atoms with van der Waals surface area (Å²) in [5, 5.41) is 13.2. The number of ether oxygens (including phenoxy) is 1. The summed E-state index contributed by atoms with van der Waals surface area (Å²) in [6, 6.07) is 3.74. The van der Waals surface area contributed by atoms with Crippen molar-refractivity contribution in [1.82, 2.24) is 19.7 Å². The fourth-order valence-electron chi connectivity index (χ4n) is 2.60. The smallest absolute Gasteiger partial charge is 0.416 e. The number of benzene rings is 1. The highest BCUT2D eigenvalue weighted by Gasteiger charge is 2.37. The maximum absolute atomic E-state index is 13.1. The summed E-state index contributed by atoms with van der Waals surface area (Å²) in [6.07, 6.45) is -6.92. The molecule has 2 heterocycles. The Morgan fingerprint density at radius 1 is 1.03 bits per heavy atom. The van der Waals surface area contributed by atoms with E-state index in [1.165, 1.54) is 25.4 Å². The average Bonchev–Trinajstić information content (AvgIpc) is 3.19. The van der Waals surface area contributed by atoms with Crippen molar-refractivity contribution in [3.05, 3.63) is 59.5 Å². The minimum absolute atomic E-state index is 0.0143. The Morgan fingerprint density at radius 2 is 1.66 bits per heavy atom. The van der Waals surface area contributed by atoms with Gasteiger partial charge in [0.15, 0.2) is 5.82 Å². The van der Waals surface area contributed by atoms with Gasteiger partial charge < -0.3 is 9.84 Å². The van der Waals surface area contributed by atoms with Gasteiger partial charge in [-0.25, -0.2) is 19.4 Å². The lowest BCUT2D eigenvalue weighted by Gasteiger charge is -2.13. The van der Waals surface area contributed by atoms with Crippen LogP contribution in [0.15, 0.2) is 42.9 Å². The zero-order chi connectivity index (χ0) is 23.7. The van der Waals surface area contributed by atoms with Gasteiger partial charge in [0.25, 0.3) is 0 Å². The van der Waals surface area contributed by atoms with Crippen molar-refractivity contribution >= 4 is 17.7 Å². The minimum Gasteiger partial charge on any atom is -0.481 e. The van der Waals surface area contributed by atoms with Crippen molar-refractivity contribution < 1.29 is 41.0 Å². The van der Waals surface area contributed by atoms with E-state index in [1.54, 1.807) is 0 Å². The SMILES string of the molecule is COc1ccc(C(=Cn2cnc(-c3cc(C(F)(F)F)cc(C(F)(F)F)c3)n2)C(=O)O)cn1. The van der Waals surface area contributed by atoms with Crippen LogP contribution in [0.5, 0.6) is 5.88 Å². The summed E-state index contributed by atoms with van der Waals surface area (Å²) < 4.78 is 84.1. The summed E-state index contributed by atoms with van der Waals surface area (Å²) >= 11 is 0. The van der Waals surface area contributed by atoms with Crippen LogP contribution in [0.25, 0.3) is 23.2 Å². The lowest BCUT2D eigenvalue weighted by Crippen LogP contribution is -2.11. The Balaban J connectivity index is 2.04. The predicted octanol–water partition coefficient (Wildman–Crippen LogP) is 4.47. The van der Waals surface area contributed by atoms with Crippen LogP contribution in [-0.4, -0.2) is 37.9 Å². The number of hydrogen-bond donors (Lipinski definition) is 1. The topological polar surface area (TPSA) is 90.1 Å². The summed E-state index contributed by atoms with van der Waals surface area (Å²) in [7, 11) is 1.37. The molecule has 0 saturated heterocycles. The first-order chi connectivity index (χ1) is 14.9. The Labute approximate surface area is 175 Å². The molecule has 0 fully saturated rings. The van der Waals surface area contributed by atoms with E-state index in [0.29, 0.717) is 12.1 Å². The molecule has 168 valence electrons. The number of carboxylic acids is 1. The number of methoxy groups -OCH3 is 1. The van der Waals surface area contributed by atoms with E-state index >= 15 is 0 Å². The molecule has 0 radical (unpaired) electrons. The van der Waals surface area contributed by atoms with E-state index in [2.05, 4.69) is 15.1 Å². The second-order valence-corrected chi connectivity index (χ2v) is 6.28. The van der Waals surface area contributed by atoms with Gasteiger partial charge >= 0.3 is 18.3 Å². The van der Waals surface area contributed by atoms with Crippen molar-refractivity contribution in [2.75, 3.05) is 7.11 Å². The highest BCUT2D eigenvalue weighted by atomic mass is 19.4. The lowest BCUT2D eigenvalue weighted by atomic mass is 10.0. The Kier molecular flexibility index (Phi) is 5.92. The zero-order valence-electron chi connectivity index (χ0n) is 15.9. The van der Waals surface area contributed by atoms with E-state index in [9.17, 15) is 36.2 Å². The van der Waals surface area contributed by atoms with Gasteiger partial charge in [-0.15, -0.1) is 5.10 Å². The van der Waals surface area contributed by atoms with Crippen LogP contribution >= 0.6 is 0 Å². The van der Waals surface area contributed by atoms with E-state index in [-0.39, 0.29) is 23.1 Å². The van der Waals surface area contributed by atoms with Crippen molar-refractivity contribution in [2.45, 2.75) is 12.4 Å². The molecular weight excluding hydrogens is 446 g/mol. The lowest BCUT2D eigenvalue weighted by molar-refractivity contribution is -0.143. The third-order valence-electron chi connectivity index (χ3n) is 4.10. The van der Waals surface area contributed by atoms with Gasteiger partial charge in [0, 0.05) is 29.6 Å². The number of carboxylic acid groups (broad SMARTS) is 1. The molecule has 13 heteroatoms. The van der Waals surface area contributed by atoms with Gasteiger partial charge in [-0.1, -0.05) is 0 Å². The number of alkyl halides is 6. The molecule has 1 N–H and O–H groups in total. The van der Waals surface area contributed by atoms with Crippen LogP contribution in [0.1, 0.15) is 16.7 Å². The number of rotatable bonds is 5. The number of nitrogens with zero attached hydrogens (tertiary/aromatic N) is 4. The standard InChI is InChI=1S/C19H12F6N4O3/c1-32-15-3-2-10(7-26-15)14(17(30)31)8-29-9-27-16(28-29)11-4-12(18(20,21)22)6-13(5-11)19(23,24)25/h2-9H,1H3,(H,30,31). The molecule has 0 atom stereocenters. The van der Waals surface area contributed by atoms with Gasteiger partial charge in [-0.05, 0) is 24.3 Å². The average molecular weight is 458 g/mol. The maximum Gasteiger partial charge on any atom is 0.416 e. The fourth-order valence-corrected chi connectivity index (χ4v) is 2.60. The molecule has 2 aromatic heterocycles. The van der Waals surface area contributed by atoms with E-state index < -0.39 is 40.8 Å². The first-order valence-corrected chi connectivity index (χ1v) is 8.55. The number of aromatic nitrogens is 4. The molecule has 0 unspecified atom stereocenters. The van der Waals surface area contributed by atoms with E-state index in [4.69, 9.17) is 4.74 Å². The molecule has 0 aliphatic carbocycles. The minimum atomic E-state index is -5.03. The first kappa shape index (κ1) is 22.8. The summed E-state index contributed by atoms with van der Waals surface area (Å²) in [4.78, 5) is 19.2. The van der Waals surface area contributed by atoms with Crippen molar-refractivity contribution in [2.24, 2.45) is 0 Å². The number of pyridine rings is 1.